The number of carbonyl (C=O) groups is 7. The van der Waals surface area contributed by atoms with E-state index in [9.17, 15) is 43.8 Å². The number of nitrogens with one attached hydrogen (secondary N) is 2. The van der Waals surface area contributed by atoms with Crippen LogP contribution in [-0.2, 0) is 86.7 Å². The fraction of sp³-hybridized carbons (Fsp3) is 0.475. The first kappa shape index (κ1) is 51.6. The van der Waals surface area contributed by atoms with Gasteiger partial charge >= 0.3 is 30.0 Å². The summed E-state index contributed by atoms with van der Waals surface area (Å²) >= 11 is 2.30. The van der Waals surface area contributed by atoms with E-state index < -0.39 is 104 Å². The standard InChI is InChI=1S/C40H51N5O16S2/c1-38(19-46,32(51)56-14-25-4-8-27(9-5-25)17-62-35(41)42)22-58-31(50)16-55-21-40(3,34(53)61-45-29(48)12-13-30(45)49)24-60-37(54)59-23-39(2,20-47)33(52)57-15-26-6-10-28(11-7-26)18-63-36(43)44/h4-11,46-47H,12-24H2,1-3H3,(H3,41,42)(H3,43,44). The first-order valence-electron chi connectivity index (χ1n) is 19.0. The van der Waals surface area contributed by atoms with Crippen LogP contribution in [0.2, 0.25) is 0 Å². The highest BCUT2D eigenvalue weighted by atomic mass is 32.2. The molecule has 2 aromatic carbocycles. The largest absolute Gasteiger partial charge is 0.508 e. The zero-order chi connectivity index (χ0) is 46.8. The minimum Gasteiger partial charge on any atom is -0.463 e. The molecule has 0 aromatic heterocycles. The number of hydrogen-bond donors (Lipinski definition) is 6. The maximum Gasteiger partial charge on any atom is 0.508 e. The van der Waals surface area contributed by atoms with Gasteiger partial charge in [-0.3, -0.25) is 30.0 Å². The third-order valence-corrected chi connectivity index (χ3v) is 10.7. The SMILES string of the molecule is CC(CO)(COC(=O)COCC(C)(COC(=O)OCC(C)(CO)C(=O)OCc1ccc(CSC(=N)N)cc1)C(=O)ON1C(=O)CCC1=O)C(=O)OCc1ccc(CSC(=N)N)cc1. The Bertz CT molecular complexity index is 1970. The zero-order valence-corrected chi connectivity index (χ0v) is 36.5. The summed E-state index contributed by atoms with van der Waals surface area (Å²) in [5.41, 5.74) is 8.31. The van der Waals surface area contributed by atoms with Crippen molar-refractivity contribution in [2.45, 2.75) is 58.3 Å². The van der Waals surface area contributed by atoms with Gasteiger partial charge in [0.15, 0.2) is 10.3 Å². The van der Waals surface area contributed by atoms with Gasteiger partial charge in [-0.2, -0.15) is 0 Å². The van der Waals surface area contributed by atoms with Gasteiger partial charge in [0.2, 0.25) is 0 Å². The van der Waals surface area contributed by atoms with Crippen LogP contribution in [-0.4, -0.2) is 114 Å². The Morgan fingerprint density at radius 3 is 1.43 bits per heavy atom. The van der Waals surface area contributed by atoms with Crippen molar-refractivity contribution in [3.63, 3.8) is 0 Å². The fourth-order valence-electron chi connectivity index (χ4n) is 4.90. The number of rotatable bonds is 24. The Kier molecular flexibility index (Phi) is 19.8. The number of esters is 3. The lowest BCUT2D eigenvalue weighted by molar-refractivity contribution is -0.209. The number of imide groups is 1. The lowest BCUT2D eigenvalue weighted by Gasteiger charge is -2.28. The molecule has 8 N–H and O–H groups in total. The number of aliphatic hydroxyl groups excluding tert-OH is 2. The van der Waals surface area contributed by atoms with Crippen LogP contribution in [0.4, 0.5) is 4.79 Å². The second-order valence-electron chi connectivity index (χ2n) is 15.0. The molecule has 1 aliphatic heterocycles. The van der Waals surface area contributed by atoms with Crippen molar-refractivity contribution in [3.05, 3.63) is 70.8 Å². The minimum atomic E-state index is -2.00. The summed E-state index contributed by atoms with van der Waals surface area (Å²) in [7, 11) is 0. The number of hydrogen-bond acceptors (Lipinski definition) is 20. The fourth-order valence-corrected chi connectivity index (χ4v) is 5.93. The molecule has 0 bridgehead atoms. The summed E-state index contributed by atoms with van der Waals surface area (Å²) in [6, 6.07) is 13.9. The van der Waals surface area contributed by atoms with Gasteiger partial charge in [-0.1, -0.05) is 72.1 Å². The Balaban J connectivity index is 1.55. The summed E-state index contributed by atoms with van der Waals surface area (Å²) in [4.78, 5) is 93.9. The Morgan fingerprint density at radius 2 is 1.02 bits per heavy atom. The van der Waals surface area contributed by atoms with Crippen molar-refractivity contribution in [1.29, 1.82) is 10.8 Å². The van der Waals surface area contributed by atoms with Gasteiger partial charge in [0.1, 0.15) is 55.9 Å². The first-order chi connectivity index (χ1) is 29.7. The number of nitrogens with two attached hydrogens (primary N) is 2. The summed E-state index contributed by atoms with van der Waals surface area (Å²) < 4.78 is 31.4. The lowest BCUT2D eigenvalue weighted by atomic mass is 9.93. The summed E-state index contributed by atoms with van der Waals surface area (Å²) in [5.74, 6) is -4.76. The number of thioether (sulfide) groups is 2. The second kappa shape index (κ2) is 24.2. The van der Waals surface area contributed by atoms with Crippen molar-refractivity contribution in [1.82, 2.24) is 5.06 Å². The van der Waals surface area contributed by atoms with Gasteiger partial charge in [-0.15, -0.1) is 5.06 Å². The third kappa shape index (κ3) is 16.5. The summed E-state index contributed by atoms with van der Waals surface area (Å²) in [5, 5.41) is 34.8. The summed E-state index contributed by atoms with van der Waals surface area (Å²) in [6.07, 6.45) is -1.85. The second-order valence-corrected chi connectivity index (χ2v) is 17.1. The number of amides is 2. The van der Waals surface area contributed by atoms with Crippen LogP contribution in [0, 0.1) is 27.1 Å². The number of aliphatic hydroxyl groups is 2. The van der Waals surface area contributed by atoms with Crippen LogP contribution in [0.15, 0.2) is 48.5 Å². The van der Waals surface area contributed by atoms with Gasteiger partial charge < -0.3 is 54.9 Å². The third-order valence-electron chi connectivity index (χ3n) is 9.14. The Morgan fingerprint density at radius 1 is 0.619 bits per heavy atom. The Hall–Kier alpha value is -5.75. The lowest BCUT2D eigenvalue weighted by Crippen LogP contribution is -2.45. The number of carbonyl (C=O) groups excluding carboxylic acids is 7. The molecule has 23 heteroatoms. The maximum atomic E-state index is 13.3. The number of ether oxygens (including phenoxy) is 6. The molecule has 344 valence electrons. The molecule has 1 aliphatic rings. The van der Waals surface area contributed by atoms with Crippen LogP contribution in [0.1, 0.15) is 55.9 Å². The quantitative estimate of drug-likeness (QED) is 0.0288. The van der Waals surface area contributed by atoms with E-state index in [-0.39, 0.29) is 41.5 Å². The predicted octanol–water partition coefficient (Wildman–Crippen LogP) is 2.05. The minimum absolute atomic E-state index is 0.0240. The van der Waals surface area contributed by atoms with E-state index in [0.717, 1.165) is 34.7 Å². The van der Waals surface area contributed by atoms with E-state index in [4.69, 9.17) is 55.5 Å². The average molecular weight is 922 g/mol. The monoisotopic (exact) mass is 921 g/mol. The van der Waals surface area contributed by atoms with Crippen LogP contribution in [0.5, 0.6) is 0 Å². The van der Waals surface area contributed by atoms with Gasteiger partial charge in [-0.25, -0.2) is 14.4 Å². The van der Waals surface area contributed by atoms with Crippen LogP contribution in [0.3, 0.4) is 0 Å². The number of benzene rings is 2. The summed E-state index contributed by atoms with van der Waals surface area (Å²) in [6.45, 7) is -1.93. The molecule has 0 spiro atoms. The highest BCUT2D eigenvalue weighted by Gasteiger charge is 2.44. The molecule has 3 rings (SSSR count). The van der Waals surface area contributed by atoms with Gasteiger partial charge in [0.05, 0.1) is 19.8 Å². The molecule has 3 unspecified atom stereocenters. The normalized spacial score (nSPS) is 15.2. The molecule has 3 atom stereocenters. The van der Waals surface area contributed by atoms with Crippen molar-refractivity contribution in [2.75, 3.05) is 46.2 Å². The van der Waals surface area contributed by atoms with E-state index in [1.165, 1.54) is 20.8 Å². The average Bonchev–Trinajstić information content (AvgIpc) is 3.58. The predicted molar refractivity (Wildman–Crippen MR) is 224 cm³/mol. The van der Waals surface area contributed by atoms with Gasteiger partial charge in [-0.05, 0) is 43.0 Å². The van der Waals surface area contributed by atoms with Crippen LogP contribution in [0.25, 0.3) is 0 Å². The van der Waals surface area contributed by atoms with E-state index in [1.54, 1.807) is 48.5 Å². The van der Waals surface area contributed by atoms with Gasteiger partial charge in [0, 0.05) is 24.3 Å². The van der Waals surface area contributed by atoms with Gasteiger partial charge in [0.25, 0.3) is 11.8 Å². The molecule has 63 heavy (non-hydrogen) atoms. The number of nitrogens with zero attached hydrogens (tertiary/aromatic N) is 1. The molecule has 1 fully saturated rings. The first-order valence-corrected chi connectivity index (χ1v) is 21.0. The van der Waals surface area contributed by atoms with Crippen LogP contribution >= 0.6 is 23.5 Å². The van der Waals surface area contributed by atoms with Crippen molar-refractivity contribution < 1.29 is 77.0 Å². The topological polar surface area (TPSA) is 328 Å². The van der Waals surface area contributed by atoms with Crippen molar-refractivity contribution in [3.8, 4) is 0 Å². The molecule has 0 aliphatic carbocycles. The number of hydroxylamine groups is 2. The molecule has 2 amide bonds. The number of amidine groups is 2. The molecule has 0 radical (unpaired) electrons. The molecule has 1 saturated heterocycles. The van der Waals surface area contributed by atoms with E-state index >= 15 is 0 Å². The van der Waals surface area contributed by atoms with E-state index in [2.05, 4.69) is 0 Å². The van der Waals surface area contributed by atoms with E-state index in [0.29, 0.717) is 22.6 Å². The zero-order valence-electron chi connectivity index (χ0n) is 34.8. The highest BCUT2D eigenvalue weighted by molar-refractivity contribution is 8.13. The highest BCUT2D eigenvalue weighted by Crippen LogP contribution is 2.26. The molecule has 1 heterocycles. The Labute approximate surface area is 370 Å². The molecular weight excluding hydrogens is 871 g/mol. The van der Waals surface area contributed by atoms with E-state index in [1.807, 2.05) is 0 Å². The van der Waals surface area contributed by atoms with Crippen molar-refractivity contribution >= 4 is 75.7 Å². The molecular formula is C40H51N5O16S2. The molecule has 2 aromatic rings. The smallest absolute Gasteiger partial charge is 0.463 e. The molecule has 21 nitrogen and oxygen atoms in total. The van der Waals surface area contributed by atoms with Crippen molar-refractivity contribution in [2.24, 2.45) is 27.7 Å². The van der Waals surface area contributed by atoms with Crippen LogP contribution < -0.4 is 11.5 Å². The molecule has 0 saturated carbocycles. The maximum absolute atomic E-state index is 13.3.